The third-order valence-electron chi connectivity index (χ3n) is 2.75. The van der Waals surface area contributed by atoms with Gasteiger partial charge in [0, 0.05) is 12.3 Å². The van der Waals surface area contributed by atoms with E-state index in [9.17, 15) is 13.2 Å². The lowest BCUT2D eigenvalue weighted by Gasteiger charge is -2.22. The maximum Gasteiger partial charge on any atom is 0.266 e. The third-order valence-corrected chi connectivity index (χ3v) is 4.99. The first-order chi connectivity index (χ1) is 8.07. The van der Waals surface area contributed by atoms with Gasteiger partial charge in [-0.25, -0.2) is 12.7 Å². The van der Waals surface area contributed by atoms with E-state index in [1.165, 1.54) is 12.1 Å². The fourth-order valence-corrected chi connectivity index (χ4v) is 3.93. The van der Waals surface area contributed by atoms with Gasteiger partial charge in [0.1, 0.15) is 0 Å². The SMILES string of the molecule is O=C1CC[C@@H](CCl)N1S(=O)(=O)c1ccccc1. The Morgan fingerprint density at radius 1 is 1.29 bits per heavy atom. The molecule has 0 aliphatic carbocycles. The molecule has 0 bridgehead atoms. The lowest BCUT2D eigenvalue weighted by molar-refractivity contribution is -0.124. The predicted molar refractivity (Wildman–Crippen MR) is 64.2 cm³/mol. The summed E-state index contributed by atoms with van der Waals surface area (Å²) >= 11 is 5.70. The van der Waals surface area contributed by atoms with E-state index in [2.05, 4.69) is 0 Å². The van der Waals surface area contributed by atoms with E-state index in [1.54, 1.807) is 18.2 Å². The van der Waals surface area contributed by atoms with Gasteiger partial charge < -0.3 is 0 Å². The van der Waals surface area contributed by atoms with E-state index in [-0.39, 0.29) is 23.1 Å². The molecule has 0 aromatic heterocycles. The van der Waals surface area contributed by atoms with Crippen LogP contribution in [0.5, 0.6) is 0 Å². The molecule has 1 fully saturated rings. The molecule has 1 heterocycles. The summed E-state index contributed by atoms with van der Waals surface area (Å²) in [5.74, 6) is -0.239. The quantitative estimate of drug-likeness (QED) is 0.786. The lowest BCUT2D eigenvalue weighted by Crippen LogP contribution is -2.39. The minimum atomic E-state index is -3.75. The summed E-state index contributed by atoms with van der Waals surface area (Å²) < 4.78 is 25.4. The minimum absolute atomic E-state index is 0.130. The fourth-order valence-electron chi connectivity index (χ4n) is 1.90. The number of sulfonamides is 1. The zero-order valence-electron chi connectivity index (χ0n) is 9.04. The van der Waals surface area contributed by atoms with E-state index < -0.39 is 16.1 Å². The first-order valence-electron chi connectivity index (χ1n) is 5.25. The highest BCUT2D eigenvalue weighted by Gasteiger charge is 2.39. The van der Waals surface area contributed by atoms with Crippen LogP contribution in [0, 0.1) is 0 Å². The number of rotatable bonds is 3. The topological polar surface area (TPSA) is 54.5 Å². The number of carbonyl (C=O) groups is 1. The molecule has 0 unspecified atom stereocenters. The molecule has 4 nitrogen and oxygen atoms in total. The van der Waals surface area contributed by atoms with Crippen molar-refractivity contribution in [2.45, 2.75) is 23.8 Å². The molecule has 0 N–H and O–H groups in total. The number of benzene rings is 1. The van der Waals surface area contributed by atoms with Gasteiger partial charge in [-0.05, 0) is 18.6 Å². The summed E-state index contributed by atoms with van der Waals surface area (Å²) in [7, 11) is -3.75. The van der Waals surface area contributed by atoms with Crippen molar-refractivity contribution >= 4 is 27.5 Å². The number of alkyl halides is 1. The van der Waals surface area contributed by atoms with Gasteiger partial charge in [0.05, 0.1) is 10.9 Å². The van der Waals surface area contributed by atoms with E-state index in [1.807, 2.05) is 0 Å². The van der Waals surface area contributed by atoms with Crippen LogP contribution < -0.4 is 0 Å². The van der Waals surface area contributed by atoms with Crippen LogP contribution in [0.2, 0.25) is 0 Å². The minimum Gasteiger partial charge on any atom is -0.274 e. The van der Waals surface area contributed by atoms with Crippen LogP contribution in [0.3, 0.4) is 0 Å². The molecule has 1 aliphatic heterocycles. The Bertz CT molecular complexity index is 515. The summed E-state index contributed by atoms with van der Waals surface area (Å²) in [6.07, 6.45) is 0.734. The van der Waals surface area contributed by atoms with Gasteiger partial charge in [0.15, 0.2) is 0 Å². The number of nitrogens with zero attached hydrogens (tertiary/aromatic N) is 1. The summed E-state index contributed by atoms with van der Waals surface area (Å²) in [6, 6.07) is 7.52. The van der Waals surface area contributed by atoms with Gasteiger partial charge in [0.2, 0.25) is 5.91 Å². The summed E-state index contributed by atoms with van der Waals surface area (Å²) in [5, 5.41) is 0. The Morgan fingerprint density at radius 3 is 2.53 bits per heavy atom. The molecule has 1 amide bonds. The van der Waals surface area contributed by atoms with Crippen molar-refractivity contribution < 1.29 is 13.2 Å². The normalized spacial score (nSPS) is 20.9. The largest absolute Gasteiger partial charge is 0.274 e. The average Bonchev–Trinajstić information content (AvgIpc) is 2.72. The van der Waals surface area contributed by atoms with Gasteiger partial charge in [-0.3, -0.25) is 4.79 Å². The van der Waals surface area contributed by atoms with Crippen molar-refractivity contribution in [3.05, 3.63) is 30.3 Å². The molecule has 1 aliphatic rings. The molecule has 1 aromatic rings. The molecule has 17 heavy (non-hydrogen) atoms. The monoisotopic (exact) mass is 273 g/mol. The number of halogens is 1. The first kappa shape index (κ1) is 12.4. The Morgan fingerprint density at radius 2 is 1.94 bits per heavy atom. The van der Waals surface area contributed by atoms with Crippen molar-refractivity contribution in [1.82, 2.24) is 4.31 Å². The fraction of sp³-hybridized carbons (Fsp3) is 0.364. The molecule has 1 saturated heterocycles. The van der Waals surface area contributed by atoms with Crippen molar-refractivity contribution in [3.63, 3.8) is 0 Å². The van der Waals surface area contributed by atoms with Crippen LogP contribution in [0.25, 0.3) is 0 Å². The second kappa shape index (κ2) is 4.66. The predicted octanol–water partition coefficient (Wildman–Crippen LogP) is 1.61. The molecule has 0 saturated carbocycles. The van der Waals surface area contributed by atoms with Crippen LogP contribution in [-0.4, -0.2) is 30.6 Å². The molecule has 1 atom stereocenters. The average molecular weight is 274 g/mol. The number of amides is 1. The van der Waals surface area contributed by atoms with E-state index in [0.29, 0.717) is 6.42 Å². The Hall–Kier alpha value is -1.07. The highest BCUT2D eigenvalue weighted by atomic mass is 35.5. The van der Waals surface area contributed by atoms with Crippen molar-refractivity contribution in [1.29, 1.82) is 0 Å². The lowest BCUT2D eigenvalue weighted by atomic mass is 10.2. The van der Waals surface area contributed by atoms with Crippen LogP contribution >= 0.6 is 11.6 Å². The number of hydrogen-bond donors (Lipinski definition) is 0. The van der Waals surface area contributed by atoms with E-state index >= 15 is 0 Å². The van der Waals surface area contributed by atoms with Crippen molar-refractivity contribution in [2.24, 2.45) is 0 Å². The van der Waals surface area contributed by atoms with Crippen LogP contribution in [-0.2, 0) is 14.8 Å². The van der Waals surface area contributed by atoms with Crippen LogP contribution in [0.1, 0.15) is 12.8 Å². The van der Waals surface area contributed by atoms with Crippen molar-refractivity contribution in [3.8, 4) is 0 Å². The molecule has 2 rings (SSSR count). The second-order valence-electron chi connectivity index (χ2n) is 3.85. The van der Waals surface area contributed by atoms with Gasteiger partial charge in [-0.1, -0.05) is 18.2 Å². The Labute approximate surface area is 105 Å². The molecule has 6 heteroatoms. The smallest absolute Gasteiger partial charge is 0.266 e. The maximum absolute atomic E-state index is 12.3. The molecule has 1 aromatic carbocycles. The Balaban J connectivity index is 2.42. The Kier molecular flexibility index (Phi) is 3.40. The first-order valence-corrected chi connectivity index (χ1v) is 7.23. The molecule has 0 radical (unpaired) electrons. The van der Waals surface area contributed by atoms with Gasteiger partial charge in [-0.15, -0.1) is 11.6 Å². The summed E-state index contributed by atoms with van der Waals surface area (Å²) in [6.45, 7) is 0. The summed E-state index contributed by atoms with van der Waals surface area (Å²) in [4.78, 5) is 11.8. The molecular formula is C11H12ClNO3S. The summed E-state index contributed by atoms with van der Waals surface area (Å²) in [5.41, 5.74) is 0. The highest BCUT2D eigenvalue weighted by molar-refractivity contribution is 7.89. The van der Waals surface area contributed by atoms with Crippen LogP contribution in [0.4, 0.5) is 0 Å². The third kappa shape index (κ3) is 2.17. The molecule has 92 valence electrons. The van der Waals surface area contributed by atoms with Gasteiger partial charge in [-0.2, -0.15) is 0 Å². The zero-order chi connectivity index (χ0) is 12.5. The zero-order valence-corrected chi connectivity index (χ0v) is 10.6. The van der Waals surface area contributed by atoms with Gasteiger partial charge >= 0.3 is 0 Å². The number of carbonyl (C=O) groups excluding carboxylic acids is 1. The van der Waals surface area contributed by atoms with E-state index in [4.69, 9.17) is 11.6 Å². The number of hydrogen-bond acceptors (Lipinski definition) is 3. The molecule has 0 spiro atoms. The van der Waals surface area contributed by atoms with Crippen LogP contribution in [0.15, 0.2) is 35.2 Å². The molecular weight excluding hydrogens is 262 g/mol. The maximum atomic E-state index is 12.3. The van der Waals surface area contributed by atoms with Crippen molar-refractivity contribution in [2.75, 3.05) is 5.88 Å². The van der Waals surface area contributed by atoms with Gasteiger partial charge in [0.25, 0.3) is 10.0 Å². The second-order valence-corrected chi connectivity index (χ2v) is 5.98. The highest BCUT2D eigenvalue weighted by Crippen LogP contribution is 2.27. The standard InChI is InChI=1S/C11H12ClNO3S/c12-8-9-6-7-11(14)13(9)17(15,16)10-4-2-1-3-5-10/h1-5,9H,6-8H2/t9-/m0/s1. The van der Waals surface area contributed by atoms with E-state index in [0.717, 1.165) is 4.31 Å².